The molecule has 1 aromatic rings. The number of amides is 1. The van der Waals surface area contributed by atoms with Crippen LogP contribution in [0.1, 0.15) is 22.8 Å². The summed E-state index contributed by atoms with van der Waals surface area (Å²) in [6.45, 7) is 7.35. The molecular weight excluding hydrogens is 342 g/mol. The van der Waals surface area contributed by atoms with Crippen LogP contribution in [0, 0.1) is 6.92 Å². The van der Waals surface area contributed by atoms with Crippen LogP contribution in [0.3, 0.4) is 0 Å². The molecule has 1 aromatic carbocycles. The quantitative estimate of drug-likeness (QED) is 0.839. The minimum atomic E-state index is -3.62. The Balaban J connectivity index is 1.91. The average Bonchev–Trinajstić information content (AvgIpc) is 2.62. The maximum atomic E-state index is 13.0. The van der Waals surface area contributed by atoms with Crippen molar-refractivity contribution in [3.05, 3.63) is 29.3 Å². The van der Waals surface area contributed by atoms with Crippen molar-refractivity contribution in [1.29, 1.82) is 0 Å². The van der Waals surface area contributed by atoms with Crippen LogP contribution in [-0.2, 0) is 14.8 Å². The second-order valence-corrected chi connectivity index (χ2v) is 8.45. The zero-order chi connectivity index (χ0) is 18.0. The lowest BCUT2D eigenvalue weighted by Gasteiger charge is -2.34. The van der Waals surface area contributed by atoms with E-state index in [4.69, 9.17) is 4.74 Å². The molecule has 0 bridgehead atoms. The van der Waals surface area contributed by atoms with E-state index in [9.17, 15) is 13.2 Å². The first-order valence-corrected chi connectivity index (χ1v) is 10.1. The number of hydrogen-bond donors (Lipinski definition) is 1. The highest BCUT2D eigenvalue weighted by atomic mass is 32.2. The summed E-state index contributed by atoms with van der Waals surface area (Å²) >= 11 is 0. The van der Waals surface area contributed by atoms with Crippen LogP contribution < -0.4 is 5.32 Å². The number of benzene rings is 1. The van der Waals surface area contributed by atoms with Crippen LogP contribution in [0.5, 0.6) is 0 Å². The van der Waals surface area contributed by atoms with Gasteiger partial charge in [-0.25, -0.2) is 8.42 Å². The van der Waals surface area contributed by atoms with E-state index in [2.05, 4.69) is 5.32 Å². The van der Waals surface area contributed by atoms with Gasteiger partial charge in [-0.2, -0.15) is 4.31 Å². The van der Waals surface area contributed by atoms with Gasteiger partial charge in [-0.1, -0.05) is 6.07 Å². The van der Waals surface area contributed by atoms with E-state index in [0.29, 0.717) is 44.0 Å². The third-order valence-electron chi connectivity index (χ3n) is 4.79. The molecule has 0 unspecified atom stereocenters. The smallest absolute Gasteiger partial charge is 0.254 e. The normalized spacial score (nSPS) is 22.8. The third kappa shape index (κ3) is 3.72. The van der Waals surface area contributed by atoms with Gasteiger partial charge in [0.15, 0.2) is 0 Å². The van der Waals surface area contributed by atoms with Crippen molar-refractivity contribution in [2.45, 2.75) is 24.8 Å². The van der Waals surface area contributed by atoms with E-state index < -0.39 is 10.0 Å². The first-order chi connectivity index (χ1) is 11.9. The third-order valence-corrected chi connectivity index (χ3v) is 6.83. The molecule has 3 rings (SSSR count). The minimum Gasteiger partial charge on any atom is -0.379 e. The second kappa shape index (κ2) is 7.41. The summed E-state index contributed by atoms with van der Waals surface area (Å²) in [6.07, 6.45) is 0. The van der Waals surface area contributed by atoms with Gasteiger partial charge in [0.1, 0.15) is 0 Å². The van der Waals surface area contributed by atoms with Crippen molar-refractivity contribution in [2.75, 3.05) is 45.9 Å². The molecule has 2 saturated heterocycles. The van der Waals surface area contributed by atoms with E-state index in [-0.39, 0.29) is 16.8 Å². The van der Waals surface area contributed by atoms with Crippen molar-refractivity contribution < 1.29 is 17.9 Å². The maximum absolute atomic E-state index is 13.0. The number of hydrogen-bond acceptors (Lipinski definition) is 5. The Bertz CT molecular complexity index is 744. The number of nitrogens with one attached hydrogen (secondary N) is 1. The molecule has 0 aromatic heterocycles. The summed E-state index contributed by atoms with van der Waals surface area (Å²) in [5.41, 5.74) is 1.07. The first kappa shape index (κ1) is 18.3. The van der Waals surface area contributed by atoms with E-state index in [1.54, 1.807) is 24.0 Å². The number of carbonyl (C=O) groups is 1. The Kier molecular flexibility index (Phi) is 5.43. The van der Waals surface area contributed by atoms with Gasteiger partial charge in [0.25, 0.3) is 5.91 Å². The topological polar surface area (TPSA) is 79.0 Å². The monoisotopic (exact) mass is 367 g/mol. The lowest BCUT2D eigenvalue weighted by atomic mass is 10.1. The summed E-state index contributed by atoms with van der Waals surface area (Å²) in [5.74, 6) is -0.118. The standard InChI is InChI=1S/C17H25N3O4S/c1-13-3-4-15(17(21)20-6-5-18-12-14(20)2)11-16(13)25(22,23)19-7-9-24-10-8-19/h3-4,11,14,18H,5-10,12H2,1-2H3/t14-/m0/s1. The molecule has 0 radical (unpaired) electrons. The minimum absolute atomic E-state index is 0.0850. The molecule has 2 fully saturated rings. The van der Waals surface area contributed by atoms with Gasteiger partial charge in [-0.15, -0.1) is 0 Å². The highest BCUT2D eigenvalue weighted by molar-refractivity contribution is 7.89. The molecule has 8 heteroatoms. The fourth-order valence-corrected chi connectivity index (χ4v) is 4.90. The summed E-state index contributed by atoms with van der Waals surface area (Å²) in [7, 11) is -3.62. The highest BCUT2D eigenvalue weighted by Crippen LogP contribution is 2.23. The van der Waals surface area contributed by atoms with Gasteiger partial charge < -0.3 is 15.0 Å². The van der Waals surface area contributed by atoms with Gasteiger partial charge in [-0.3, -0.25) is 4.79 Å². The lowest BCUT2D eigenvalue weighted by molar-refractivity contribution is 0.0655. The van der Waals surface area contributed by atoms with Crippen molar-refractivity contribution in [1.82, 2.24) is 14.5 Å². The zero-order valence-corrected chi connectivity index (χ0v) is 15.5. The Morgan fingerprint density at radius 2 is 1.96 bits per heavy atom. The molecule has 2 heterocycles. The fourth-order valence-electron chi connectivity index (χ4n) is 3.25. The highest BCUT2D eigenvalue weighted by Gasteiger charge is 2.30. The number of piperazine rings is 1. The molecule has 2 aliphatic rings. The number of aryl methyl sites for hydroxylation is 1. The molecule has 0 aliphatic carbocycles. The number of sulfonamides is 1. The summed E-state index contributed by atoms with van der Waals surface area (Å²) < 4.78 is 32.6. The van der Waals surface area contributed by atoms with E-state index in [0.717, 1.165) is 13.1 Å². The molecule has 1 amide bonds. The van der Waals surface area contributed by atoms with Crippen molar-refractivity contribution in [3.8, 4) is 0 Å². The maximum Gasteiger partial charge on any atom is 0.254 e. The zero-order valence-electron chi connectivity index (χ0n) is 14.7. The van der Waals surface area contributed by atoms with Crippen molar-refractivity contribution >= 4 is 15.9 Å². The Morgan fingerprint density at radius 1 is 1.24 bits per heavy atom. The molecule has 7 nitrogen and oxygen atoms in total. The first-order valence-electron chi connectivity index (χ1n) is 8.61. The molecule has 0 saturated carbocycles. The molecule has 0 spiro atoms. The van der Waals surface area contributed by atoms with Gasteiger partial charge in [0, 0.05) is 44.3 Å². The number of nitrogens with zero attached hydrogens (tertiary/aromatic N) is 2. The van der Waals surface area contributed by atoms with Gasteiger partial charge in [0.05, 0.1) is 18.1 Å². The predicted octanol–water partition coefficient (Wildman–Crippen LogP) is 0.450. The largest absolute Gasteiger partial charge is 0.379 e. The molecular formula is C17H25N3O4S. The SMILES string of the molecule is Cc1ccc(C(=O)N2CCNC[C@@H]2C)cc1S(=O)(=O)N1CCOCC1. The summed E-state index contributed by atoms with van der Waals surface area (Å²) in [4.78, 5) is 14.9. The Morgan fingerprint density at radius 3 is 2.64 bits per heavy atom. The van der Waals surface area contributed by atoms with E-state index >= 15 is 0 Å². The Hall–Kier alpha value is -1.48. The second-order valence-electron chi connectivity index (χ2n) is 6.55. The Labute approximate surface area is 149 Å². The van der Waals surface area contributed by atoms with Crippen LogP contribution in [0.2, 0.25) is 0 Å². The van der Waals surface area contributed by atoms with Crippen molar-refractivity contribution in [2.24, 2.45) is 0 Å². The van der Waals surface area contributed by atoms with Crippen LogP contribution >= 0.6 is 0 Å². The van der Waals surface area contributed by atoms with Gasteiger partial charge in [-0.05, 0) is 31.5 Å². The number of carbonyl (C=O) groups excluding carboxylic acids is 1. The van der Waals surface area contributed by atoms with Crippen LogP contribution in [0.15, 0.2) is 23.1 Å². The van der Waals surface area contributed by atoms with E-state index in [1.165, 1.54) is 10.4 Å². The lowest BCUT2D eigenvalue weighted by Crippen LogP contribution is -2.52. The number of ether oxygens (including phenoxy) is 1. The van der Waals surface area contributed by atoms with E-state index in [1.807, 2.05) is 6.92 Å². The molecule has 25 heavy (non-hydrogen) atoms. The van der Waals surface area contributed by atoms with Crippen LogP contribution in [0.25, 0.3) is 0 Å². The van der Waals surface area contributed by atoms with Crippen LogP contribution in [0.4, 0.5) is 0 Å². The van der Waals surface area contributed by atoms with Gasteiger partial charge >= 0.3 is 0 Å². The molecule has 138 valence electrons. The molecule has 1 N–H and O–H groups in total. The molecule has 1 atom stereocenters. The van der Waals surface area contributed by atoms with Crippen LogP contribution in [-0.4, -0.2) is 75.5 Å². The van der Waals surface area contributed by atoms with Gasteiger partial charge in [0.2, 0.25) is 10.0 Å². The predicted molar refractivity (Wildman–Crippen MR) is 94.1 cm³/mol. The summed E-state index contributed by atoms with van der Waals surface area (Å²) in [6, 6.07) is 5.04. The summed E-state index contributed by atoms with van der Waals surface area (Å²) in [5, 5.41) is 3.25. The number of rotatable bonds is 3. The number of morpholine rings is 1. The average molecular weight is 367 g/mol. The van der Waals surface area contributed by atoms with Crippen molar-refractivity contribution in [3.63, 3.8) is 0 Å². The molecule has 2 aliphatic heterocycles. The fraction of sp³-hybridized carbons (Fsp3) is 0.588.